The Labute approximate surface area is 189 Å². The number of carbonyl (C=O) groups is 1. The van der Waals surface area contributed by atoms with Gasteiger partial charge in [0.15, 0.2) is 0 Å². The number of nitrogens with zero attached hydrogens (tertiary/aromatic N) is 1. The molecule has 2 aliphatic heterocycles. The van der Waals surface area contributed by atoms with Crippen molar-refractivity contribution in [2.75, 3.05) is 44.8 Å². The fourth-order valence-electron chi connectivity index (χ4n) is 4.56. The third-order valence-electron chi connectivity index (χ3n) is 6.37. The van der Waals surface area contributed by atoms with Crippen LogP contribution in [-0.4, -0.2) is 50.3 Å². The normalized spacial score (nSPS) is 18.6. The van der Waals surface area contributed by atoms with Crippen molar-refractivity contribution in [2.24, 2.45) is 0 Å². The van der Waals surface area contributed by atoms with Crippen LogP contribution in [0.3, 0.4) is 0 Å². The van der Waals surface area contributed by atoms with Crippen LogP contribution in [0.25, 0.3) is 0 Å². The molecule has 0 atom stereocenters. The summed E-state index contributed by atoms with van der Waals surface area (Å²) in [7, 11) is 0. The predicted molar refractivity (Wildman–Crippen MR) is 124 cm³/mol. The molecule has 4 rings (SSSR count). The maximum atomic E-state index is 13.4. The topological polar surface area (TPSA) is 50.8 Å². The van der Waals surface area contributed by atoms with Crippen molar-refractivity contribution in [3.05, 3.63) is 59.1 Å². The highest BCUT2D eigenvalue weighted by molar-refractivity contribution is 6.31. The summed E-state index contributed by atoms with van der Waals surface area (Å²) >= 11 is 6.48. The number of amides is 1. The first-order valence-corrected chi connectivity index (χ1v) is 11.6. The summed E-state index contributed by atoms with van der Waals surface area (Å²) in [6.45, 7) is 5.33. The first-order chi connectivity index (χ1) is 15.2. The van der Waals surface area contributed by atoms with E-state index in [0.717, 1.165) is 30.0 Å². The number of halogens is 1. The average Bonchev–Trinajstić information content (AvgIpc) is 3.32. The number of likely N-dealkylation sites (tertiary alicyclic amines) is 1. The molecule has 0 aliphatic carbocycles. The van der Waals surface area contributed by atoms with E-state index in [1.807, 2.05) is 48.5 Å². The van der Waals surface area contributed by atoms with Gasteiger partial charge in [-0.3, -0.25) is 4.79 Å². The van der Waals surface area contributed by atoms with Crippen LogP contribution in [0.2, 0.25) is 5.02 Å². The molecular formula is C25H31ClN2O3. The van der Waals surface area contributed by atoms with E-state index in [0.29, 0.717) is 37.7 Å². The molecule has 6 heteroatoms. The van der Waals surface area contributed by atoms with E-state index in [2.05, 4.69) is 10.2 Å². The van der Waals surface area contributed by atoms with Crippen LogP contribution in [0, 0.1) is 0 Å². The molecule has 0 bridgehead atoms. The van der Waals surface area contributed by atoms with Gasteiger partial charge in [-0.2, -0.15) is 0 Å². The van der Waals surface area contributed by atoms with E-state index in [4.69, 9.17) is 21.1 Å². The molecule has 0 unspecified atom stereocenters. The Morgan fingerprint density at radius 2 is 1.77 bits per heavy atom. The number of hydrogen-bond acceptors (Lipinski definition) is 4. The lowest BCUT2D eigenvalue weighted by atomic mass is 9.73. The standard InChI is InChI=1S/C25H31ClN2O3/c26-23-7-2-1-6-22(23)25(12-18-30-19-13-25)24(29)27-20-8-10-21(11-9-20)31-17-5-16-28-14-3-4-15-28/h1-2,6-11H,3-5,12-19H2,(H,27,29). The van der Waals surface area contributed by atoms with Crippen molar-refractivity contribution in [2.45, 2.75) is 37.5 Å². The van der Waals surface area contributed by atoms with Gasteiger partial charge in [0.1, 0.15) is 5.75 Å². The molecule has 1 N–H and O–H groups in total. The lowest BCUT2D eigenvalue weighted by Crippen LogP contribution is -2.45. The minimum atomic E-state index is -0.679. The Morgan fingerprint density at radius 3 is 2.48 bits per heavy atom. The van der Waals surface area contributed by atoms with Gasteiger partial charge in [0.05, 0.1) is 12.0 Å². The van der Waals surface area contributed by atoms with Gasteiger partial charge in [0, 0.05) is 30.5 Å². The van der Waals surface area contributed by atoms with Gasteiger partial charge in [0.2, 0.25) is 5.91 Å². The summed E-state index contributed by atoms with van der Waals surface area (Å²) < 4.78 is 11.4. The number of ether oxygens (including phenoxy) is 2. The zero-order chi connectivity index (χ0) is 21.5. The van der Waals surface area contributed by atoms with Gasteiger partial charge in [-0.15, -0.1) is 0 Å². The summed E-state index contributed by atoms with van der Waals surface area (Å²) in [6.07, 6.45) is 4.89. The Kier molecular flexibility index (Phi) is 7.49. The average molecular weight is 443 g/mol. The van der Waals surface area contributed by atoms with Crippen LogP contribution >= 0.6 is 11.6 Å². The monoisotopic (exact) mass is 442 g/mol. The zero-order valence-corrected chi connectivity index (χ0v) is 18.7. The molecule has 2 saturated heterocycles. The van der Waals surface area contributed by atoms with Gasteiger partial charge >= 0.3 is 0 Å². The van der Waals surface area contributed by atoms with Gasteiger partial charge in [-0.05, 0) is 81.1 Å². The third kappa shape index (κ3) is 5.40. The minimum Gasteiger partial charge on any atom is -0.494 e. The van der Waals surface area contributed by atoms with E-state index in [1.165, 1.54) is 25.9 Å². The van der Waals surface area contributed by atoms with Crippen LogP contribution in [-0.2, 0) is 14.9 Å². The lowest BCUT2D eigenvalue weighted by Gasteiger charge is -2.36. The molecular weight excluding hydrogens is 412 g/mol. The second-order valence-corrected chi connectivity index (χ2v) is 8.81. The number of benzene rings is 2. The smallest absolute Gasteiger partial charge is 0.235 e. The molecule has 166 valence electrons. The SMILES string of the molecule is O=C(Nc1ccc(OCCCN2CCCC2)cc1)C1(c2ccccc2Cl)CCOCC1. The Hall–Kier alpha value is -2.08. The van der Waals surface area contributed by atoms with Gasteiger partial charge in [0.25, 0.3) is 0 Å². The van der Waals surface area contributed by atoms with E-state index < -0.39 is 5.41 Å². The van der Waals surface area contributed by atoms with Crippen LogP contribution in [0.15, 0.2) is 48.5 Å². The maximum Gasteiger partial charge on any atom is 0.235 e. The Balaban J connectivity index is 1.36. The van der Waals surface area contributed by atoms with E-state index >= 15 is 0 Å². The number of rotatable bonds is 8. The van der Waals surface area contributed by atoms with Crippen molar-refractivity contribution in [3.8, 4) is 5.75 Å². The number of nitrogens with one attached hydrogen (secondary N) is 1. The summed E-state index contributed by atoms with van der Waals surface area (Å²) in [5, 5.41) is 3.72. The first kappa shape index (κ1) is 22.1. The number of carbonyl (C=O) groups excluding carboxylic acids is 1. The lowest BCUT2D eigenvalue weighted by molar-refractivity contribution is -0.125. The van der Waals surface area contributed by atoms with Crippen LogP contribution < -0.4 is 10.1 Å². The van der Waals surface area contributed by atoms with E-state index in [-0.39, 0.29) is 5.91 Å². The molecule has 5 nitrogen and oxygen atoms in total. The van der Waals surface area contributed by atoms with Crippen molar-refractivity contribution in [1.29, 1.82) is 0 Å². The van der Waals surface area contributed by atoms with E-state index in [1.54, 1.807) is 0 Å². The van der Waals surface area contributed by atoms with Crippen LogP contribution in [0.5, 0.6) is 5.75 Å². The van der Waals surface area contributed by atoms with Crippen molar-refractivity contribution >= 4 is 23.2 Å². The zero-order valence-electron chi connectivity index (χ0n) is 17.9. The fraction of sp³-hybridized carbons (Fsp3) is 0.480. The molecule has 0 aromatic heterocycles. The highest BCUT2D eigenvalue weighted by Gasteiger charge is 2.43. The second-order valence-electron chi connectivity index (χ2n) is 8.40. The van der Waals surface area contributed by atoms with Gasteiger partial charge in [-0.25, -0.2) is 0 Å². The Morgan fingerprint density at radius 1 is 1.06 bits per heavy atom. The minimum absolute atomic E-state index is 0.0387. The first-order valence-electron chi connectivity index (χ1n) is 11.3. The summed E-state index contributed by atoms with van der Waals surface area (Å²) in [4.78, 5) is 15.9. The molecule has 0 spiro atoms. The number of hydrogen-bond donors (Lipinski definition) is 1. The van der Waals surface area contributed by atoms with Crippen molar-refractivity contribution in [3.63, 3.8) is 0 Å². The molecule has 0 radical (unpaired) electrons. The molecule has 2 aromatic rings. The highest BCUT2D eigenvalue weighted by Crippen LogP contribution is 2.39. The van der Waals surface area contributed by atoms with Gasteiger partial charge < -0.3 is 19.7 Å². The second kappa shape index (κ2) is 10.5. The molecule has 31 heavy (non-hydrogen) atoms. The van der Waals surface area contributed by atoms with Crippen LogP contribution in [0.4, 0.5) is 5.69 Å². The van der Waals surface area contributed by atoms with Gasteiger partial charge in [-0.1, -0.05) is 29.8 Å². The quantitative estimate of drug-likeness (QED) is 0.591. The molecule has 2 fully saturated rings. The summed E-state index contributed by atoms with van der Waals surface area (Å²) in [5.41, 5.74) is 0.948. The largest absolute Gasteiger partial charge is 0.494 e. The summed E-state index contributed by atoms with van der Waals surface area (Å²) in [5.74, 6) is 0.787. The maximum absolute atomic E-state index is 13.4. The molecule has 2 aliphatic rings. The molecule has 2 aromatic carbocycles. The molecule has 1 amide bonds. The summed E-state index contributed by atoms with van der Waals surface area (Å²) in [6, 6.07) is 15.2. The van der Waals surface area contributed by atoms with Crippen molar-refractivity contribution < 1.29 is 14.3 Å². The van der Waals surface area contributed by atoms with Crippen molar-refractivity contribution in [1.82, 2.24) is 4.90 Å². The molecule has 2 heterocycles. The Bertz CT molecular complexity index is 859. The van der Waals surface area contributed by atoms with Crippen LogP contribution in [0.1, 0.15) is 37.7 Å². The predicted octanol–water partition coefficient (Wildman–Crippen LogP) is 4.89. The number of anilines is 1. The third-order valence-corrected chi connectivity index (χ3v) is 6.70. The molecule has 0 saturated carbocycles. The fourth-order valence-corrected chi connectivity index (χ4v) is 4.87. The van der Waals surface area contributed by atoms with E-state index in [9.17, 15) is 4.79 Å². The highest BCUT2D eigenvalue weighted by atomic mass is 35.5.